The van der Waals surface area contributed by atoms with Crippen molar-refractivity contribution in [3.8, 4) is 11.6 Å². The van der Waals surface area contributed by atoms with Crippen LogP contribution in [0.2, 0.25) is 0 Å². The fourth-order valence-electron chi connectivity index (χ4n) is 4.11. The lowest BCUT2D eigenvalue weighted by molar-refractivity contribution is -0.278. The Kier molecular flexibility index (Phi) is 10.3. The van der Waals surface area contributed by atoms with Crippen molar-refractivity contribution in [2.75, 3.05) is 26.3 Å². The Hall–Kier alpha value is -2.74. The lowest BCUT2D eigenvalue weighted by Crippen LogP contribution is -2.60. The van der Waals surface area contributed by atoms with Gasteiger partial charge < -0.3 is 45.7 Å². The molecule has 206 valence electrons. The number of carbonyl (C=O) groups excluding carboxylic acids is 1. The number of nitrogens with one attached hydrogen (secondary N) is 2. The van der Waals surface area contributed by atoms with E-state index < -0.39 is 37.3 Å². The molecule has 0 bridgehead atoms. The molecule has 2 heterocycles. The number of benzene rings is 1. The molecule has 1 aliphatic heterocycles. The molecule has 1 aromatic carbocycles. The van der Waals surface area contributed by atoms with Crippen molar-refractivity contribution in [3.05, 3.63) is 40.6 Å². The quantitative estimate of drug-likeness (QED) is 0.168. The number of carbonyl (C=O) groups is 1. The van der Waals surface area contributed by atoms with Crippen LogP contribution in [0.15, 0.2) is 18.2 Å². The summed E-state index contributed by atoms with van der Waals surface area (Å²) in [4.78, 5) is 10.8. The average molecular weight is 523 g/mol. The van der Waals surface area contributed by atoms with Crippen LogP contribution in [-0.2, 0) is 16.0 Å². The van der Waals surface area contributed by atoms with Crippen molar-refractivity contribution in [1.29, 1.82) is 0 Å². The second-order valence-electron chi connectivity index (χ2n) is 9.47. The fourth-order valence-corrected chi connectivity index (χ4v) is 4.11. The normalized spacial score (nSPS) is 23.8. The summed E-state index contributed by atoms with van der Waals surface area (Å²) < 4.78 is 17.1. The summed E-state index contributed by atoms with van der Waals surface area (Å²) in [6.45, 7) is 6.97. The zero-order valence-corrected chi connectivity index (χ0v) is 21.4. The molecule has 0 aliphatic carbocycles. The van der Waals surface area contributed by atoms with Crippen LogP contribution in [-0.4, -0.2) is 93.5 Å². The standard InChI is InChI=1S/C25H38N4O8/c1-13(2)20-17(24(29-28-20)37-25-23(34)22(33)21(32)18(12-30)36-25)11-15-4-5-16(10-14(15)3)35-9-8-27-7-6-19(26)31/h4-5,10,13,18,21-23,25,27,30,32-34H,6-9,11-12H2,1-3H3,(H2,26,31)(H,28,29)/t18-,21-,22+,23-,25+/m1/s1. The molecule has 0 unspecified atom stereocenters. The number of amides is 1. The zero-order valence-electron chi connectivity index (χ0n) is 21.4. The molecule has 5 atom stereocenters. The molecule has 3 rings (SSSR count). The van der Waals surface area contributed by atoms with Crippen molar-refractivity contribution in [1.82, 2.24) is 15.5 Å². The van der Waals surface area contributed by atoms with Crippen LogP contribution in [0.5, 0.6) is 11.6 Å². The number of aliphatic hydroxyl groups is 4. The molecule has 1 aliphatic rings. The molecule has 0 saturated carbocycles. The van der Waals surface area contributed by atoms with Gasteiger partial charge in [-0.2, -0.15) is 0 Å². The van der Waals surface area contributed by atoms with E-state index in [0.717, 1.165) is 22.4 Å². The van der Waals surface area contributed by atoms with Crippen molar-refractivity contribution >= 4 is 5.91 Å². The van der Waals surface area contributed by atoms with Crippen LogP contribution in [0, 0.1) is 6.92 Å². The SMILES string of the molecule is Cc1cc(OCCNCCC(N)=O)ccc1Cc1c(O[C@@H]2O[C@H](CO)[C@@H](O)[C@H](O)[C@H]2O)n[nH]c1C(C)C. The Morgan fingerprint density at radius 3 is 2.62 bits per heavy atom. The van der Waals surface area contributed by atoms with Crippen molar-refractivity contribution in [2.45, 2.75) is 70.2 Å². The lowest BCUT2D eigenvalue weighted by Gasteiger charge is -2.39. The molecule has 2 aromatic rings. The Balaban J connectivity index is 1.70. The number of aromatic amines is 1. The molecule has 8 N–H and O–H groups in total. The highest BCUT2D eigenvalue weighted by Gasteiger charge is 2.45. The number of primary amides is 1. The summed E-state index contributed by atoms with van der Waals surface area (Å²) in [6.07, 6.45) is -6.21. The van der Waals surface area contributed by atoms with E-state index in [9.17, 15) is 25.2 Å². The van der Waals surface area contributed by atoms with E-state index in [0.29, 0.717) is 31.9 Å². The van der Waals surface area contributed by atoms with Crippen LogP contribution in [0.1, 0.15) is 48.6 Å². The highest BCUT2D eigenvalue weighted by Crippen LogP contribution is 2.32. The number of rotatable bonds is 13. The van der Waals surface area contributed by atoms with E-state index in [1.807, 2.05) is 39.0 Å². The number of H-pyrrole nitrogens is 1. The van der Waals surface area contributed by atoms with Crippen LogP contribution in [0.25, 0.3) is 0 Å². The predicted octanol–water partition coefficient (Wildman–Crippen LogP) is -0.545. The fraction of sp³-hybridized carbons (Fsp3) is 0.600. The van der Waals surface area contributed by atoms with Gasteiger partial charge in [0.25, 0.3) is 0 Å². The van der Waals surface area contributed by atoms with E-state index in [-0.39, 0.29) is 24.1 Å². The Bertz CT molecular complexity index is 1030. The molecule has 37 heavy (non-hydrogen) atoms. The van der Waals surface area contributed by atoms with E-state index >= 15 is 0 Å². The molecular formula is C25H38N4O8. The van der Waals surface area contributed by atoms with Gasteiger partial charge in [0, 0.05) is 37.2 Å². The third kappa shape index (κ3) is 7.40. The van der Waals surface area contributed by atoms with Crippen LogP contribution < -0.4 is 20.5 Å². The number of nitrogens with two attached hydrogens (primary N) is 1. The molecule has 12 heteroatoms. The van der Waals surface area contributed by atoms with Gasteiger partial charge in [0.15, 0.2) is 0 Å². The number of nitrogens with zero attached hydrogens (tertiary/aromatic N) is 1. The topological polar surface area (TPSA) is 192 Å². The maximum atomic E-state index is 10.8. The summed E-state index contributed by atoms with van der Waals surface area (Å²) in [5.74, 6) is 0.668. The monoisotopic (exact) mass is 522 g/mol. The number of aliphatic hydroxyl groups excluding tert-OH is 4. The molecule has 1 aromatic heterocycles. The lowest BCUT2D eigenvalue weighted by atomic mass is 9.96. The van der Waals surface area contributed by atoms with Gasteiger partial charge >= 0.3 is 0 Å². The van der Waals surface area contributed by atoms with Gasteiger partial charge in [-0.25, -0.2) is 0 Å². The van der Waals surface area contributed by atoms with E-state index in [1.54, 1.807) is 0 Å². The second-order valence-corrected chi connectivity index (χ2v) is 9.47. The molecular weight excluding hydrogens is 484 g/mol. The number of ether oxygens (including phenoxy) is 3. The van der Waals surface area contributed by atoms with E-state index in [4.69, 9.17) is 19.9 Å². The third-order valence-electron chi connectivity index (χ3n) is 6.29. The zero-order chi connectivity index (χ0) is 27.1. The van der Waals surface area contributed by atoms with Crippen molar-refractivity contribution in [3.63, 3.8) is 0 Å². The second kappa shape index (κ2) is 13.2. The highest BCUT2D eigenvalue weighted by molar-refractivity contribution is 5.73. The molecule has 0 radical (unpaired) electrons. The average Bonchev–Trinajstić information content (AvgIpc) is 3.25. The Labute approximate surface area is 215 Å². The molecule has 0 spiro atoms. The van der Waals surface area contributed by atoms with Gasteiger partial charge in [0.2, 0.25) is 18.1 Å². The number of hydrogen-bond donors (Lipinski definition) is 7. The highest BCUT2D eigenvalue weighted by atomic mass is 16.7. The first-order valence-electron chi connectivity index (χ1n) is 12.4. The van der Waals surface area contributed by atoms with E-state index in [2.05, 4.69) is 15.5 Å². The van der Waals surface area contributed by atoms with Gasteiger partial charge in [-0.3, -0.25) is 9.89 Å². The van der Waals surface area contributed by atoms with Crippen LogP contribution in [0.3, 0.4) is 0 Å². The van der Waals surface area contributed by atoms with Gasteiger partial charge in [-0.05, 0) is 36.1 Å². The minimum atomic E-state index is -1.55. The van der Waals surface area contributed by atoms with Crippen LogP contribution in [0.4, 0.5) is 0 Å². The summed E-state index contributed by atoms with van der Waals surface area (Å²) in [7, 11) is 0. The summed E-state index contributed by atoms with van der Waals surface area (Å²) in [5.41, 5.74) is 8.73. The molecule has 1 fully saturated rings. The molecule has 1 amide bonds. The Morgan fingerprint density at radius 2 is 1.97 bits per heavy atom. The van der Waals surface area contributed by atoms with Gasteiger partial charge in [0.05, 0.1) is 6.61 Å². The van der Waals surface area contributed by atoms with Crippen LogP contribution >= 0.6 is 0 Å². The predicted molar refractivity (Wildman–Crippen MR) is 133 cm³/mol. The van der Waals surface area contributed by atoms with Crippen molar-refractivity contribution in [2.24, 2.45) is 5.73 Å². The maximum Gasteiger partial charge on any atom is 0.238 e. The van der Waals surface area contributed by atoms with Crippen molar-refractivity contribution < 1.29 is 39.4 Å². The molecule has 1 saturated heterocycles. The number of hydrogen-bond acceptors (Lipinski definition) is 10. The maximum absolute atomic E-state index is 10.8. The summed E-state index contributed by atoms with van der Waals surface area (Å²) in [5, 5.41) is 50.3. The first-order valence-corrected chi connectivity index (χ1v) is 12.4. The number of aromatic nitrogens is 2. The first-order chi connectivity index (χ1) is 17.6. The smallest absolute Gasteiger partial charge is 0.238 e. The number of aryl methyl sites for hydroxylation is 1. The van der Waals surface area contributed by atoms with Gasteiger partial charge in [-0.15, -0.1) is 5.10 Å². The minimum absolute atomic E-state index is 0.0969. The summed E-state index contributed by atoms with van der Waals surface area (Å²) >= 11 is 0. The van der Waals surface area contributed by atoms with Gasteiger partial charge in [0.1, 0.15) is 36.8 Å². The largest absolute Gasteiger partial charge is 0.492 e. The summed E-state index contributed by atoms with van der Waals surface area (Å²) in [6, 6.07) is 5.77. The molecule has 12 nitrogen and oxygen atoms in total. The first kappa shape index (κ1) is 28.8. The van der Waals surface area contributed by atoms with Gasteiger partial charge in [-0.1, -0.05) is 19.9 Å². The van der Waals surface area contributed by atoms with E-state index in [1.165, 1.54) is 0 Å². The Morgan fingerprint density at radius 1 is 1.22 bits per heavy atom. The third-order valence-corrected chi connectivity index (χ3v) is 6.29. The minimum Gasteiger partial charge on any atom is -0.492 e.